The van der Waals surface area contributed by atoms with Crippen LogP contribution in [0.2, 0.25) is 0 Å². The number of furan rings is 1. The van der Waals surface area contributed by atoms with Crippen molar-refractivity contribution in [3.63, 3.8) is 0 Å². The van der Waals surface area contributed by atoms with Crippen LogP contribution in [0.4, 0.5) is 0 Å². The summed E-state index contributed by atoms with van der Waals surface area (Å²) in [7, 11) is 0. The molecule has 0 aliphatic carbocycles. The minimum absolute atomic E-state index is 0.593. The molecule has 88 valence electrons. The van der Waals surface area contributed by atoms with E-state index in [0.29, 0.717) is 6.54 Å². The minimum atomic E-state index is 0.593. The second-order valence-electron chi connectivity index (χ2n) is 3.36. The first-order chi connectivity index (χ1) is 8.31. The van der Waals surface area contributed by atoms with E-state index in [1.807, 2.05) is 24.4 Å². The number of rotatable bonds is 4. The summed E-state index contributed by atoms with van der Waals surface area (Å²) in [6.45, 7) is 6.23. The number of thiazole rings is 1. The molecule has 17 heavy (non-hydrogen) atoms. The summed E-state index contributed by atoms with van der Waals surface area (Å²) in [5, 5.41) is 6.36. The highest BCUT2D eigenvalue weighted by molar-refractivity contribution is 7.07. The van der Waals surface area contributed by atoms with Crippen molar-refractivity contribution in [2.45, 2.75) is 6.92 Å². The van der Waals surface area contributed by atoms with Crippen molar-refractivity contribution >= 4 is 17.6 Å². The molecule has 0 aromatic carbocycles. The van der Waals surface area contributed by atoms with Crippen molar-refractivity contribution < 1.29 is 4.42 Å². The zero-order valence-electron chi connectivity index (χ0n) is 9.54. The van der Waals surface area contributed by atoms with E-state index in [1.165, 1.54) is 0 Å². The van der Waals surface area contributed by atoms with E-state index in [4.69, 9.17) is 4.42 Å². The van der Waals surface area contributed by atoms with Gasteiger partial charge in [0.05, 0.1) is 24.7 Å². The molecule has 0 aliphatic heterocycles. The molecule has 0 bridgehead atoms. The number of nitrogens with zero attached hydrogens (tertiary/aromatic N) is 3. The molecule has 0 saturated carbocycles. The Morgan fingerprint density at radius 1 is 1.59 bits per heavy atom. The van der Waals surface area contributed by atoms with Gasteiger partial charge in [-0.05, 0) is 19.1 Å². The van der Waals surface area contributed by atoms with Gasteiger partial charge in [-0.25, -0.2) is 4.68 Å². The first-order valence-corrected chi connectivity index (χ1v) is 6.05. The fraction of sp³-hybridized carbons (Fsp3) is 0.167. The Balaban J connectivity index is 2.32. The average Bonchev–Trinajstić information content (AvgIpc) is 2.94. The van der Waals surface area contributed by atoms with Crippen LogP contribution in [0.3, 0.4) is 0 Å². The maximum absolute atomic E-state index is 5.19. The second-order valence-corrected chi connectivity index (χ2v) is 4.20. The monoisotopic (exact) mass is 247 g/mol. The standard InChI is InChI=1S/C12H13N3OS/c1-3-6-13-12-15(10(2)9-17-12)14-8-11-5-4-7-16-11/h3-5,7-9H,1,6H2,2H3. The molecule has 0 aliphatic rings. The Bertz CT molecular complexity index is 575. The lowest BCUT2D eigenvalue weighted by molar-refractivity contribution is 0.559. The smallest absolute Gasteiger partial charge is 0.206 e. The molecule has 0 atom stereocenters. The summed E-state index contributed by atoms with van der Waals surface area (Å²) >= 11 is 1.56. The topological polar surface area (TPSA) is 42.8 Å². The van der Waals surface area contributed by atoms with Crippen molar-refractivity contribution in [3.8, 4) is 0 Å². The summed E-state index contributed by atoms with van der Waals surface area (Å²) in [4.78, 5) is 5.22. The average molecular weight is 247 g/mol. The van der Waals surface area contributed by atoms with Gasteiger partial charge in [0.2, 0.25) is 4.80 Å². The van der Waals surface area contributed by atoms with E-state index in [0.717, 1.165) is 16.3 Å². The Kier molecular flexibility index (Phi) is 3.72. The van der Waals surface area contributed by atoms with E-state index < -0.39 is 0 Å². The lowest BCUT2D eigenvalue weighted by Crippen LogP contribution is -2.12. The third kappa shape index (κ3) is 2.82. The molecule has 0 unspecified atom stereocenters. The van der Waals surface area contributed by atoms with Crippen LogP contribution in [-0.2, 0) is 0 Å². The van der Waals surface area contributed by atoms with E-state index in [9.17, 15) is 0 Å². The zero-order chi connectivity index (χ0) is 12.1. The van der Waals surface area contributed by atoms with Gasteiger partial charge in [-0.3, -0.25) is 4.99 Å². The van der Waals surface area contributed by atoms with Crippen molar-refractivity contribution in [1.82, 2.24) is 4.68 Å². The van der Waals surface area contributed by atoms with Crippen molar-refractivity contribution in [3.05, 3.63) is 52.7 Å². The molecule has 0 fully saturated rings. The molecule has 2 aromatic rings. The molecule has 5 heteroatoms. The third-order valence-electron chi connectivity index (χ3n) is 2.05. The molecule has 2 rings (SSSR count). The summed E-state index contributed by atoms with van der Waals surface area (Å²) in [5.74, 6) is 0.720. The highest BCUT2D eigenvalue weighted by atomic mass is 32.1. The van der Waals surface area contributed by atoms with E-state index in [-0.39, 0.29) is 0 Å². The molecule has 0 radical (unpaired) electrons. The minimum Gasteiger partial charge on any atom is -0.463 e. The Labute approximate surface area is 103 Å². The molecular formula is C12H13N3OS. The van der Waals surface area contributed by atoms with Gasteiger partial charge in [0.1, 0.15) is 5.76 Å². The van der Waals surface area contributed by atoms with Crippen LogP contribution in [-0.4, -0.2) is 17.4 Å². The van der Waals surface area contributed by atoms with Gasteiger partial charge in [0.25, 0.3) is 0 Å². The van der Waals surface area contributed by atoms with E-state index >= 15 is 0 Å². The van der Waals surface area contributed by atoms with Crippen LogP contribution in [0.25, 0.3) is 0 Å². The second kappa shape index (κ2) is 5.45. The number of aryl methyl sites for hydroxylation is 1. The van der Waals surface area contributed by atoms with Crippen LogP contribution in [0.1, 0.15) is 11.5 Å². The van der Waals surface area contributed by atoms with Gasteiger partial charge in [-0.15, -0.1) is 17.9 Å². The highest BCUT2D eigenvalue weighted by Crippen LogP contribution is 2.01. The molecule has 0 saturated heterocycles. The van der Waals surface area contributed by atoms with E-state index in [2.05, 4.69) is 16.7 Å². The van der Waals surface area contributed by atoms with Gasteiger partial charge >= 0.3 is 0 Å². The van der Waals surface area contributed by atoms with Gasteiger partial charge < -0.3 is 4.42 Å². The highest BCUT2D eigenvalue weighted by Gasteiger charge is 1.98. The van der Waals surface area contributed by atoms with Gasteiger partial charge in [0, 0.05) is 5.38 Å². The fourth-order valence-corrected chi connectivity index (χ4v) is 2.07. The zero-order valence-corrected chi connectivity index (χ0v) is 10.4. The predicted octanol–water partition coefficient (Wildman–Crippen LogP) is 2.42. The van der Waals surface area contributed by atoms with Crippen molar-refractivity contribution in [2.24, 2.45) is 10.1 Å². The summed E-state index contributed by atoms with van der Waals surface area (Å²) in [5.41, 5.74) is 1.04. The van der Waals surface area contributed by atoms with Gasteiger partial charge in [0.15, 0.2) is 0 Å². The van der Waals surface area contributed by atoms with Crippen LogP contribution in [0, 0.1) is 6.92 Å². The molecule has 0 spiro atoms. The number of aromatic nitrogens is 1. The van der Waals surface area contributed by atoms with Crippen LogP contribution < -0.4 is 4.80 Å². The van der Waals surface area contributed by atoms with Gasteiger partial charge in [-0.1, -0.05) is 6.08 Å². The quantitative estimate of drug-likeness (QED) is 0.604. The van der Waals surface area contributed by atoms with E-state index in [1.54, 1.807) is 34.6 Å². The van der Waals surface area contributed by atoms with Crippen LogP contribution in [0.5, 0.6) is 0 Å². The normalized spacial score (nSPS) is 12.4. The summed E-state index contributed by atoms with van der Waals surface area (Å²) in [6.07, 6.45) is 5.05. The lowest BCUT2D eigenvalue weighted by Gasteiger charge is -1.95. The predicted molar refractivity (Wildman–Crippen MR) is 69.4 cm³/mol. The largest absolute Gasteiger partial charge is 0.463 e. The Morgan fingerprint density at radius 2 is 2.47 bits per heavy atom. The molecule has 2 aromatic heterocycles. The van der Waals surface area contributed by atoms with Crippen molar-refractivity contribution in [1.29, 1.82) is 0 Å². The maximum atomic E-state index is 5.19. The lowest BCUT2D eigenvalue weighted by atomic mass is 10.5. The van der Waals surface area contributed by atoms with Crippen LogP contribution in [0.15, 0.2) is 50.9 Å². The molecule has 0 amide bonds. The molecule has 4 nitrogen and oxygen atoms in total. The van der Waals surface area contributed by atoms with Gasteiger partial charge in [-0.2, -0.15) is 5.10 Å². The molecule has 0 N–H and O–H groups in total. The maximum Gasteiger partial charge on any atom is 0.206 e. The summed E-state index contributed by atoms with van der Waals surface area (Å²) in [6, 6.07) is 3.68. The first-order valence-electron chi connectivity index (χ1n) is 5.17. The first kappa shape index (κ1) is 11.6. The Morgan fingerprint density at radius 3 is 3.18 bits per heavy atom. The Hall–Kier alpha value is -1.88. The molecular weight excluding hydrogens is 234 g/mol. The number of hydrogen-bond donors (Lipinski definition) is 0. The number of hydrogen-bond acceptors (Lipinski definition) is 4. The van der Waals surface area contributed by atoms with Crippen LogP contribution >= 0.6 is 11.3 Å². The molecule has 2 heterocycles. The third-order valence-corrected chi connectivity index (χ3v) is 3.02. The fourth-order valence-electron chi connectivity index (χ4n) is 1.26. The summed E-state index contributed by atoms with van der Waals surface area (Å²) < 4.78 is 6.98. The SMILES string of the molecule is C=CCN=c1scc(C)n1N=Cc1ccco1. The van der Waals surface area contributed by atoms with Crippen molar-refractivity contribution in [2.75, 3.05) is 6.54 Å².